The van der Waals surface area contributed by atoms with E-state index in [4.69, 9.17) is 10.5 Å². The molecule has 2 aromatic carbocycles. The summed E-state index contributed by atoms with van der Waals surface area (Å²) < 4.78 is 6.00. The minimum absolute atomic E-state index is 0.00333. The highest BCUT2D eigenvalue weighted by molar-refractivity contribution is 9.10. The average Bonchev–Trinajstić information content (AvgIpc) is 2.49. The molecule has 0 aliphatic rings. The third-order valence-corrected chi connectivity index (χ3v) is 3.91. The first kappa shape index (κ1) is 15.5. The van der Waals surface area contributed by atoms with E-state index in [1.54, 1.807) is 24.3 Å². The van der Waals surface area contributed by atoms with Gasteiger partial charge >= 0.3 is 0 Å². The Kier molecular flexibility index (Phi) is 4.93. The van der Waals surface area contributed by atoms with E-state index in [1.807, 2.05) is 19.1 Å². The van der Waals surface area contributed by atoms with Crippen LogP contribution in [0.3, 0.4) is 0 Å². The molecule has 21 heavy (non-hydrogen) atoms. The average molecular weight is 351 g/mol. The standard InChI is InChI=1S/C15H15BrN2O3/c1-2-12(17)10-6-8-11(9-7-10)21-14-5-3-4-13(15(14)16)18(19)20/h3-9,12H,2,17H2,1H3/t12-/m0/s1. The van der Waals surface area contributed by atoms with Crippen LogP contribution < -0.4 is 10.5 Å². The number of nitro groups is 1. The maximum atomic E-state index is 10.9. The van der Waals surface area contributed by atoms with E-state index >= 15 is 0 Å². The number of benzene rings is 2. The van der Waals surface area contributed by atoms with Gasteiger partial charge in [0.25, 0.3) is 5.69 Å². The van der Waals surface area contributed by atoms with Gasteiger partial charge in [-0.15, -0.1) is 0 Å². The summed E-state index contributed by atoms with van der Waals surface area (Å²) in [6.07, 6.45) is 0.858. The van der Waals surface area contributed by atoms with Crippen LogP contribution in [-0.2, 0) is 0 Å². The van der Waals surface area contributed by atoms with Gasteiger partial charge in [0.1, 0.15) is 16.0 Å². The van der Waals surface area contributed by atoms with Crippen molar-refractivity contribution in [2.24, 2.45) is 5.73 Å². The van der Waals surface area contributed by atoms with Gasteiger partial charge in [-0.1, -0.05) is 25.1 Å². The highest BCUT2D eigenvalue weighted by Crippen LogP contribution is 2.36. The quantitative estimate of drug-likeness (QED) is 0.633. The molecule has 5 nitrogen and oxygen atoms in total. The molecule has 2 aromatic rings. The lowest BCUT2D eigenvalue weighted by Gasteiger charge is -2.11. The van der Waals surface area contributed by atoms with Gasteiger partial charge in [-0.25, -0.2) is 0 Å². The molecule has 110 valence electrons. The molecule has 1 atom stereocenters. The molecule has 2 N–H and O–H groups in total. The van der Waals surface area contributed by atoms with Gasteiger partial charge in [0.05, 0.1) is 4.92 Å². The Morgan fingerprint density at radius 2 is 1.95 bits per heavy atom. The van der Waals surface area contributed by atoms with Crippen molar-refractivity contribution in [3.8, 4) is 11.5 Å². The lowest BCUT2D eigenvalue weighted by Crippen LogP contribution is -2.08. The topological polar surface area (TPSA) is 78.4 Å². The van der Waals surface area contributed by atoms with Gasteiger partial charge in [-0.05, 0) is 46.1 Å². The smallest absolute Gasteiger partial charge is 0.287 e. The fraction of sp³-hybridized carbons (Fsp3) is 0.200. The number of nitrogens with two attached hydrogens (primary N) is 1. The first-order valence-corrected chi connectivity index (χ1v) is 7.28. The summed E-state index contributed by atoms with van der Waals surface area (Å²) in [6, 6.07) is 12.1. The largest absolute Gasteiger partial charge is 0.456 e. The lowest BCUT2D eigenvalue weighted by molar-refractivity contribution is -0.385. The molecule has 2 rings (SSSR count). The van der Waals surface area contributed by atoms with Crippen molar-refractivity contribution >= 4 is 21.6 Å². The molecule has 0 fully saturated rings. The molecule has 0 aromatic heterocycles. The molecule has 0 amide bonds. The van der Waals surface area contributed by atoms with Crippen LogP contribution in [0.2, 0.25) is 0 Å². The van der Waals surface area contributed by atoms with E-state index in [-0.39, 0.29) is 11.7 Å². The summed E-state index contributed by atoms with van der Waals surface area (Å²) in [5.74, 6) is 1.000. The Bertz CT molecular complexity index is 644. The summed E-state index contributed by atoms with van der Waals surface area (Å²) in [5, 5.41) is 10.9. The minimum atomic E-state index is -0.458. The second kappa shape index (κ2) is 6.69. The van der Waals surface area contributed by atoms with E-state index in [1.165, 1.54) is 6.07 Å². The van der Waals surface area contributed by atoms with Crippen LogP contribution in [0.15, 0.2) is 46.9 Å². The molecule has 0 bridgehead atoms. The third kappa shape index (κ3) is 3.59. The second-order valence-electron chi connectivity index (χ2n) is 4.53. The molecule has 0 radical (unpaired) electrons. The van der Waals surface area contributed by atoms with Crippen LogP contribution in [0.4, 0.5) is 5.69 Å². The first-order chi connectivity index (χ1) is 10.0. The van der Waals surface area contributed by atoms with Gasteiger partial charge in [0.2, 0.25) is 0 Å². The van der Waals surface area contributed by atoms with Crippen molar-refractivity contribution in [2.45, 2.75) is 19.4 Å². The first-order valence-electron chi connectivity index (χ1n) is 6.49. The molecule has 6 heteroatoms. The predicted octanol–water partition coefficient (Wildman–Crippen LogP) is 4.56. The predicted molar refractivity (Wildman–Crippen MR) is 84.5 cm³/mol. The van der Waals surface area contributed by atoms with Crippen LogP contribution >= 0.6 is 15.9 Å². The van der Waals surface area contributed by atoms with Crippen molar-refractivity contribution in [1.29, 1.82) is 0 Å². The second-order valence-corrected chi connectivity index (χ2v) is 5.33. The number of hydrogen-bond donors (Lipinski definition) is 1. The van der Waals surface area contributed by atoms with E-state index < -0.39 is 4.92 Å². The molecular formula is C15H15BrN2O3. The summed E-state index contributed by atoms with van der Waals surface area (Å²) in [7, 11) is 0. The van der Waals surface area contributed by atoms with Crippen molar-refractivity contribution in [1.82, 2.24) is 0 Å². The maximum absolute atomic E-state index is 10.9. The van der Waals surface area contributed by atoms with Crippen molar-refractivity contribution in [3.63, 3.8) is 0 Å². The van der Waals surface area contributed by atoms with Gasteiger partial charge in [-0.3, -0.25) is 10.1 Å². The highest BCUT2D eigenvalue weighted by Gasteiger charge is 2.16. The van der Waals surface area contributed by atoms with Gasteiger partial charge in [-0.2, -0.15) is 0 Å². The van der Waals surface area contributed by atoms with E-state index in [9.17, 15) is 10.1 Å². The number of nitro benzene ring substituents is 1. The summed E-state index contributed by atoms with van der Waals surface area (Å²) in [5.41, 5.74) is 6.95. The Morgan fingerprint density at radius 1 is 1.29 bits per heavy atom. The summed E-state index contributed by atoms with van der Waals surface area (Å²) >= 11 is 3.20. The molecule has 0 heterocycles. The zero-order chi connectivity index (χ0) is 15.4. The Hall–Kier alpha value is -1.92. The van der Waals surface area contributed by atoms with Gasteiger partial charge < -0.3 is 10.5 Å². The van der Waals surface area contributed by atoms with Gasteiger partial charge in [0.15, 0.2) is 0 Å². The number of hydrogen-bond acceptors (Lipinski definition) is 4. The van der Waals surface area contributed by atoms with Crippen LogP contribution in [-0.4, -0.2) is 4.92 Å². The summed E-state index contributed by atoms with van der Waals surface area (Å²) in [4.78, 5) is 10.4. The number of rotatable bonds is 5. The van der Waals surface area contributed by atoms with E-state index in [2.05, 4.69) is 15.9 Å². The number of nitrogens with zero attached hydrogens (tertiary/aromatic N) is 1. The van der Waals surface area contributed by atoms with Crippen LogP contribution in [0.5, 0.6) is 11.5 Å². The Morgan fingerprint density at radius 3 is 2.52 bits per heavy atom. The Balaban J connectivity index is 2.22. The van der Waals surface area contributed by atoms with Gasteiger partial charge in [0, 0.05) is 12.1 Å². The fourth-order valence-corrected chi connectivity index (χ4v) is 2.35. The molecular weight excluding hydrogens is 336 g/mol. The van der Waals surface area contributed by atoms with E-state index in [0.29, 0.717) is 16.0 Å². The highest BCUT2D eigenvalue weighted by atomic mass is 79.9. The lowest BCUT2D eigenvalue weighted by atomic mass is 10.1. The normalized spacial score (nSPS) is 12.0. The zero-order valence-electron chi connectivity index (χ0n) is 11.5. The monoisotopic (exact) mass is 350 g/mol. The third-order valence-electron chi connectivity index (χ3n) is 3.12. The van der Waals surface area contributed by atoms with Crippen LogP contribution in [0.25, 0.3) is 0 Å². The fourth-order valence-electron chi connectivity index (χ4n) is 1.86. The Labute approximate surface area is 131 Å². The molecule has 0 aliphatic heterocycles. The zero-order valence-corrected chi connectivity index (χ0v) is 13.0. The van der Waals surface area contributed by atoms with Crippen LogP contribution in [0, 0.1) is 10.1 Å². The SMILES string of the molecule is CC[C@H](N)c1ccc(Oc2cccc([N+](=O)[O-])c2Br)cc1. The maximum Gasteiger partial charge on any atom is 0.287 e. The number of halogens is 1. The summed E-state index contributed by atoms with van der Waals surface area (Å²) in [6.45, 7) is 2.02. The van der Waals surface area contributed by atoms with E-state index in [0.717, 1.165) is 12.0 Å². The number of ether oxygens (including phenoxy) is 1. The van der Waals surface area contributed by atoms with Crippen LogP contribution in [0.1, 0.15) is 24.9 Å². The van der Waals surface area contributed by atoms with Crippen molar-refractivity contribution < 1.29 is 9.66 Å². The molecule has 0 saturated carbocycles. The van der Waals surface area contributed by atoms with Crippen molar-refractivity contribution in [3.05, 3.63) is 62.6 Å². The molecule has 0 spiro atoms. The van der Waals surface area contributed by atoms with Crippen molar-refractivity contribution in [2.75, 3.05) is 0 Å². The minimum Gasteiger partial charge on any atom is -0.456 e. The molecule has 0 saturated heterocycles. The molecule has 0 aliphatic carbocycles. The molecule has 0 unspecified atom stereocenters.